The van der Waals surface area contributed by atoms with Crippen LogP contribution in [0.1, 0.15) is 25.0 Å². The van der Waals surface area contributed by atoms with Crippen molar-refractivity contribution >= 4 is 15.7 Å². The summed E-state index contributed by atoms with van der Waals surface area (Å²) in [7, 11) is 0.347. The molecule has 0 aromatic heterocycles. The van der Waals surface area contributed by atoms with Gasteiger partial charge in [-0.3, -0.25) is 0 Å². The molecule has 0 amide bonds. The Morgan fingerprint density at radius 1 is 1.19 bits per heavy atom. The molecule has 0 radical (unpaired) electrons. The maximum Gasteiger partial charge on any atom is 0.242 e. The lowest BCUT2D eigenvalue weighted by Gasteiger charge is -2.28. The van der Waals surface area contributed by atoms with Crippen LogP contribution in [-0.2, 0) is 10.0 Å². The number of rotatable bonds is 6. The Kier molecular flexibility index (Phi) is 5.41. The second-order valence-electron chi connectivity index (χ2n) is 6.70. The van der Waals surface area contributed by atoms with Gasteiger partial charge in [0.2, 0.25) is 10.0 Å². The summed E-state index contributed by atoms with van der Waals surface area (Å²) < 4.78 is 27.6. The van der Waals surface area contributed by atoms with E-state index < -0.39 is 10.0 Å². The van der Waals surface area contributed by atoms with Crippen molar-refractivity contribution in [3.8, 4) is 0 Å². The zero-order valence-corrected chi connectivity index (χ0v) is 14.6. The molecule has 1 rings (SSSR count). The Hall–Kier alpha value is -1.11. The van der Waals surface area contributed by atoms with E-state index in [9.17, 15) is 8.42 Å². The van der Waals surface area contributed by atoms with Crippen molar-refractivity contribution in [3.63, 3.8) is 0 Å². The summed E-state index contributed by atoms with van der Waals surface area (Å²) in [6.07, 6.45) is 0. The summed E-state index contributed by atoms with van der Waals surface area (Å²) in [5.74, 6) is 0. The van der Waals surface area contributed by atoms with Crippen molar-refractivity contribution in [3.05, 3.63) is 23.3 Å². The van der Waals surface area contributed by atoms with Gasteiger partial charge in [0, 0.05) is 13.1 Å². The zero-order valence-electron chi connectivity index (χ0n) is 13.8. The van der Waals surface area contributed by atoms with Crippen LogP contribution in [0.25, 0.3) is 0 Å². The quantitative estimate of drug-likeness (QED) is 0.785. The second kappa shape index (κ2) is 6.34. The number of hydrogen-bond acceptors (Lipinski definition) is 4. The van der Waals surface area contributed by atoms with Gasteiger partial charge in [-0.05, 0) is 56.6 Å². The minimum atomic E-state index is -3.59. The van der Waals surface area contributed by atoms with Gasteiger partial charge < -0.3 is 10.6 Å². The van der Waals surface area contributed by atoms with Crippen LogP contribution < -0.4 is 10.5 Å². The maximum atomic E-state index is 12.4. The van der Waals surface area contributed by atoms with E-state index in [-0.39, 0.29) is 16.0 Å². The van der Waals surface area contributed by atoms with Gasteiger partial charge in [-0.2, -0.15) is 0 Å². The first-order valence-corrected chi connectivity index (χ1v) is 8.44. The molecule has 0 bridgehead atoms. The SMILES string of the molecule is Cc1cc(N)c(S(=O)(=O)NCC(C)(C)CN(C)C)cc1C. The number of nitrogens with zero attached hydrogens (tertiary/aromatic N) is 1. The third-order valence-corrected chi connectivity index (χ3v) is 4.86. The molecule has 5 nitrogen and oxygen atoms in total. The lowest BCUT2D eigenvalue weighted by molar-refractivity contribution is 0.242. The van der Waals surface area contributed by atoms with Crippen molar-refractivity contribution in [2.45, 2.75) is 32.6 Å². The molecule has 0 spiro atoms. The van der Waals surface area contributed by atoms with E-state index in [4.69, 9.17) is 5.73 Å². The van der Waals surface area contributed by atoms with Gasteiger partial charge in [-0.15, -0.1) is 0 Å². The predicted octanol–water partition coefficient (Wildman–Crippen LogP) is 1.75. The van der Waals surface area contributed by atoms with Gasteiger partial charge in [0.15, 0.2) is 0 Å². The van der Waals surface area contributed by atoms with Crippen molar-refractivity contribution in [2.24, 2.45) is 5.41 Å². The van der Waals surface area contributed by atoms with E-state index in [0.717, 1.165) is 17.7 Å². The minimum absolute atomic E-state index is 0.159. The first-order chi connectivity index (χ1) is 9.44. The third-order valence-electron chi connectivity index (χ3n) is 3.40. The number of nitrogens with two attached hydrogens (primary N) is 1. The molecule has 6 heteroatoms. The fourth-order valence-electron chi connectivity index (χ4n) is 2.32. The highest BCUT2D eigenvalue weighted by Crippen LogP contribution is 2.23. The number of benzene rings is 1. The molecular weight excluding hydrogens is 286 g/mol. The van der Waals surface area contributed by atoms with Crippen LogP contribution in [0.3, 0.4) is 0 Å². The number of hydrogen-bond donors (Lipinski definition) is 2. The average Bonchev–Trinajstić information content (AvgIpc) is 2.30. The minimum Gasteiger partial charge on any atom is -0.398 e. The van der Waals surface area contributed by atoms with Gasteiger partial charge in [-0.1, -0.05) is 13.8 Å². The van der Waals surface area contributed by atoms with Crippen molar-refractivity contribution in [1.29, 1.82) is 0 Å². The zero-order chi connectivity index (χ0) is 16.4. The van der Waals surface area contributed by atoms with E-state index in [0.29, 0.717) is 6.54 Å². The van der Waals surface area contributed by atoms with E-state index in [1.54, 1.807) is 12.1 Å². The molecule has 0 unspecified atom stereocenters. The van der Waals surface area contributed by atoms with Crippen LogP contribution in [0.4, 0.5) is 5.69 Å². The molecule has 0 heterocycles. The number of sulfonamides is 1. The Balaban J connectivity index is 2.95. The molecule has 0 fully saturated rings. The third kappa shape index (κ3) is 4.98. The monoisotopic (exact) mass is 313 g/mol. The Morgan fingerprint density at radius 2 is 1.71 bits per heavy atom. The molecule has 1 aromatic rings. The number of aryl methyl sites for hydroxylation is 2. The van der Waals surface area contributed by atoms with Crippen LogP contribution >= 0.6 is 0 Å². The van der Waals surface area contributed by atoms with Gasteiger partial charge in [0.05, 0.1) is 5.69 Å². The van der Waals surface area contributed by atoms with E-state index in [2.05, 4.69) is 4.72 Å². The van der Waals surface area contributed by atoms with E-state index in [1.807, 2.05) is 46.7 Å². The Bertz CT molecular complexity index is 608. The molecule has 0 atom stereocenters. The summed E-state index contributed by atoms with van der Waals surface area (Å²) in [6, 6.07) is 3.33. The standard InChI is InChI=1S/C15H27N3O2S/c1-11-7-13(16)14(8-12(11)2)21(19,20)17-9-15(3,4)10-18(5)6/h7-8,17H,9-10,16H2,1-6H3. The Labute approximate surface area is 128 Å². The van der Waals surface area contributed by atoms with E-state index >= 15 is 0 Å². The lowest BCUT2D eigenvalue weighted by Crippen LogP contribution is -2.40. The Morgan fingerprint density at radius 3 is 2.24 bits per heavy atom. The highest BCUT2D eigenvalue weighted by molar-refractivity contribution is 7.89. The molecule has 1 aromatic carbocycles. The van der Waals surface area contributed by atoms with Crippen molar-refractivity contribution in [2.75, 3.05) is 32.9 Å². The first-order valence-electron chi connectivity index (χ1n) is 6.96. The predicted molar refractivity (Wildman–Crippen MR) is 87.9 cm³/mol. The van der Waals surface area contributed by atoms with Crippen LogP contribution in [0.2, 0.25) is 0 Å². The summed E-state index contributed by atoms with van der Waals surface area (Å²) in [6.45, 7) is 9.00. The highest BCUT2D eigenvalue weighted by atomic mass is 32.2. The molecule has 120 valence electrons. The highest BCUT2D eigenvalue weighted by Gasteiger charge is 2.24. The molecule has 0 aliphatic carbocycles. The van der Waals surface area contributed by atoms with E-state index in [1.165, 1.54) is 0 Å². The van der Waals surface area contributed by atoms with Gasteiger partial charge in [0.25, 0.3) is 0 Å². The van der Waals surface area contributed by atoms with Crippen LogP contribution in [0.15, 0.2) is 17.0 Å². The fourth-order valence-corrected chi connectivity index (χ4v) is 3.76. The molecule has 3 N–H and O–H groups in total. The number of anilines is 1. The number of nitrogens with one attached hydrogen (secondary N) is 1. The summed E-state index contributed by atoms with van der Waals surface area (Å²) in [4.78, 5) is 2.20. The second-order valence-corrected chi connectivity index (χ2v) is 8.44. The summed E-state index contributed by atoms with van der Waals surface area (Å²) in [5, 5.41) is 0. The van der Waals surface area contributed by atoms with Crippen molar-refractivity contribution in [1.82, 2.24) is 9.62 Å². The largest absolute Gasteiger partial charge is 0.398 e. The maximum absolute atomic E-state index is 12.4. The molecule has 0 aliphatic rings. The smallest absolute Gasteiger partial charge is 0.242 e. The summed E-state index contributed by atoms with van der Waals surface area (Å²) in [5.41, 5.74) is 7.89. The molecule has 0 aliphatic heterocycles. The van der Waals surface area contributed by atoms with Gasteiger partial charge >= 0.3 is 0 Å². The van der Waals surface area contributed by atoms with Crippen LogP contribution in [-0.4, -0.2) is 40.5 Å². The topological polar surface area (TPSA) is 75.4 Å². The normalized spacial score (nSPS) is 12.9. The number of nitrogen functional groups attached to an aromatic ring is 1. The van der Waals surface area contributed by atoms with Gasteiger partial charge in [-0.25, -0.2) is 13.1 Å². The average molecular weight is 313 g/mol. The lowest BCUT2D eigenvalue weighted by atomic mass is 9.93. The van der Waals surface area contributed by atoms with Crippen LogP contribution in [0, 0.1) is 19.3 Å². The molecular formula is C15H27N3O2S. The molecule has 21 heavy (non-hydrogen) atoms. The van der Waals surface area contributed by atoms with Gasteiger partial charge in [0.1, 0.15) is 4.90 Å². The first kappa shape index (κ1) is 17.9. The van der Waals surface area contributed by atoms with Crippen LogP contribution in [0.5, 0.6) is 0 Å². The molecule has 0 saturated heterocycles. The fraction of sp³-hybridized carbons (Fsp3) is 0.600. The van der Waals surface area contributed by atoms with Crippen molar-refractivity contribution < 1.29 is 8.42 Å². The molecule has 0 saturated carbocycles. The summed E-state index contributed by atoms with van der Waals surface area (Å²) >= 11 is 0.